The zero-order chi connectivity index (χ0) is 30.0. The second kappa shape index (κ2) is 14.7. The maximum absolute atomic E-state index is 13.8. The lowest BCUT2D eigenvalue weighted by Crippen LogP contribution is -2.42. The van der Waals surface area contributed by atoms with Crippen LogP contribution in [-0.2, 0) is 20.7 Å². The number of aryl methyl sites for hydroxylation is 1. The van der Waals surface area contributed by atoms with Crippen molar-refractivity contribution in [2.75, 3.05) is 32.1 Å². The smallest absolute Gasteiger partial charge is 0.412 e. The third-order valence-corrected chi connectivity index (χ3v) is 7.17. The van der Waals surface area contributed by atoms with Crippen molar-refractivity contribution >= 4 is 46.1 Å². The fraction of sp³-hybridized carbons (Fsp3) is 0.400. The molecule has 41 heavy (non-hydrogen) atoms. The maximum atomic E-state index is 13.8. The number of amides is 3. The first-order valence-electron chi connectivity index (χ1n) is 13.3. The van der Waals surface area contributed by atoms with Crippen LogP contribution in [0.1, 0.15) is 38.7 Å². The van der Waals surface area contributed by atoms with E-state index in [0.717, 1.165) is 10.8 Å². The Labute approximate surface area is 244 Å². The fourth-order valence-corrected chi connectivity index (χ4v) is 4.22. The number of hydrogen-bond acceptors (Lipinski definition) is 6. The molecular weight excluding hydrogens is 551 g/mol. The van der Waals surface area contributed by atoms with Gasteiger partial charge >= 0.3 is 6.09 Å². The van der Waals surface area contributed by atoms with Crippen molar-refractivity contribution in [1.82, 2.24) is 15.2 Å². The quantitative estimate of drug-likeness (QED) is 0.261. The van der Waals surface area contributed by atoms with Gasteiger partial charge in [0.25, 0.3) is 0 Å². The highest BCUT2D eigenvalue weighted by Gasteiger charge is 2.24. The van der Waals surface area contributed by atoms with Gasteiger partial charge in [0.2, 0.25) is 11.8 Å². The second-order valence-electron chi connectivity index (χ2n) is 10.6. The monoisotopic (exact) mass is 586 g/mol. The van der Waals surface area contributed by atoms with Crippen molar-refractivity contribution in [1.29, 1.82) is 0 Å². The van der Waals surface area contributed by atoms with E-state index in [1.165, 1.54) is 17.0 Å². The first-order valence-corrected chi connectivity index (χ1v) is 13.7. The summed E-state index contributed by atoms with van der Waals surface area (Å²) in [6.45, 7) is 3.68. The number of carbonyl (C=O) groups is 3. The first-order chi connectivity index (χ1) is 19.5. The molecule has 0 saturated heterocycles. The number of anilines is 1. The van der Waals surface area contributed by atoms with E-state index >= 15 is 0 Å². The topological polar surface area (TPSA) is 121 Å². The second-order valence-corrected chi connectivity index (χ2v) is 11.0. The van der Waals surface area contributed by atoms with Crippen LogP contribution in [0.25, 0.3) is 10.8 Å². The van der Waals surface area contributed by atoms with E-state index in [0.29, 0.717) is 11.4 Å². The molecule has 2 aromatic carbocycles. The summed E-state index contributed by atoms with van der Waals surface area (Å²) in [6.07, 6.45) is 1.44. The predicted octanol–water partition coefficient (Wildman–Crippen LogP) is 4.95. The third-order valence-electron chi connectivity index (χ3n) is 6.75. The van der Waals surface area contributed by atoms with Crippen molar-refractivity contribution in [3.63, 3.8) is 0 Å². The maximum Gasteiger partial charge on any atom is 0.412 e. The number of aliphatic hydroxyl groups excluding tert-OH is 1. The molecule has 0 bridgehead atoms. The van der Waals surface area contributed by atoms with Gasteiger partial charge in [0, 0.05) is 50.0 Å². The van der Waals surface area contributed by atoms with Gasteiger partial charge in [0.05, 0.1) is 11.1 Å². The molecule has 0 fully saturated rings. The van der Waals surface area contributed by atoms with Gasteiger partial charge < -0.3 is 20.1 Å². The summed E-state index contributed by atoms with van der Waals surface area (Å²) in [5.74, 6) is -0.780. The largest absolute Gasteiger partial charge is 0.447 e. The van der Waals surface area contributed by atoms with Gasteiger partial charge in [-0.2, -0.15) is 0 Å². The number of likely N-dealkylation sites (N-methyl/N-ethyl adjacent to an activating group) is 1. The molecule has 3 amide bonds. The number of nitrogens with zero attached hydrogens (tertiary/aromatic N) is 2. The zero-order valence-electron chi connectivity index (χ0n) is 23.5. The molecule has 11 heteroatoms. The molecule has 3 rings (SSSR count). The Morgan fingerprint density at radius 2 is 1.85 bits per heavy atom. The zero-order valence-corrected chi connectivity index (χ0v) is 24.2. The Hall–Kier alpha value is -3.76. The molecule has 1 heterocycles. The van der Waals surface area contributed by atoms with Crippen molar-refractivity contribution in [3.8, 4) is 0 Å². The van der Waals surface area contributed by atoms with E-state index in [1.807, 2.05) is 38.1 Å². The molecule has 0 aliphatic heterocycles. The van der Waals surface area contributed by atoms with Crippen LogP contribution in [0.4, 0.5) is 15.0 Å². The Morgan fingerprint density at radius 1 is 1.12 bits per heavy atom. The lowest BCUT2D eigenvalue weighted by Gasteiger charge is -2.28. The number of halogens is 2. The van der Waals surface area contributed by atoms with Crippen LogP contribution in [-0.4, -0.2) is 65.7 Å². The summed E-state index contributed by atoms with van der Waals surface area (Å²) in [4.78, 5) is 43.8. The highest BCUT2D eigenvalue weighted by atomic mass is 35.5. The number of aromatic nitrogens is 1. The summed E-state index contributed by atoms with van der Waals surface area (Å²) in [5, 5.41) is 16.6. The highest BCUT2D eigenvalue weighted by Crippen LogP contribution is 2.22. The van der Waals surface area contributed by atoms with Crippen LogP contribution < -0.4 is 10.6 Å². The number of nitrogens with one attached hydrogen (secondary N) is 2. The SMILES string of the molecule is CN(C(=O)CCc1cccc(F)c1Cl)[C@@H](CCC(=O)NCC(C)(C)CO)COC(=O)Nc1cc2ccccc2cn1. The summed E-state index contributed by atoms with van der Waals surface area (Å²) in [6, 6.07) is 13.1. The number of aliphatic hydroxyl groups is 1. The summed E-state index contributed by atoms with van der Waals surface area (Å²) < 4.78 is 19.2. The molecule has 1 atom stereocenters. The van der Waals surface area contributed by atoms with Gasteiger partial charge in [0.15, 0.2) is 0 Å². The van der Waals surface area contributed by atoms with Crippen molar-refractivity contribution in [2.24, 2.45) is 5.41 Å². The van der Waals surface area contributed by atoms with Crippen LogP contribution in [0, 0.1) is 11.2 Å². The lowest BCUT2D eigenvalue weighted by atomic mass is 9.95. The number of pyridine rings is 1. The van der Waals surface area contributed by atoms with Gasteiger partial charge in [0.1, 0.15) is 18.2 Å². The van der Waals surface area contributed by atoms with Crippen LogP contribution in [0.2, 0.25) is 5.02 Å². The Morgan fingerprint density at radius 3 is 2.59 bits per heavy atom. The van der Waals surface area contributed by atoms with Crippen LogP contribution in [0.5, 0.6) is 0 Å². The Kier molecular flexibility index (Phi) is 11.4. The number of rotatable bonds is 13. The van der Waals surface area contributed by atoms with Crippen LogP contribution in [0.15, 0.2) is 54.7 Å². The number of benzene rings is 2. The minimum atomic E-state index is -0.751. The van der Waals surface area contributed by atoms with Crippen LogP contribution >= 0.6 is 11.6 Å². The molecule has 9 nitrogen and oxygen atoms in total. The predicted molar refractivity (Wildman–Crippen MR) is 156 cm³/mol. The lowest BCUT2D eigenvalue weighted by molar-refractivity contribution is -0.133. The molecule has 0 spiro atoms. The highest BCUT2D eigenvalue weighted by molar-refractivity contribution is 6.31. The van der Waals surface area contributed by atoms with E-state index in [1.54, 1.807) is 25.4 Å². The number of ether oxygens (including phenoxy) is 1. The Bertz CT molecular complexity index is 1370. The third kappa shape index (κ3) is 9.68. The molecule has 220 valence electrons. The summed E-state index contributed by atoms with van der Waals surface area (Å²) >= 11 is 6.03. The molecule has 0 saturated carbocycles. The van der Waals surface area contributed by atoms with E-state index < -0.39 is 23.4 Å². The van der Waals surface area contributed by atoms with Gasteiger partial charge in [-0.1, -0.05) is 61.8 Å². The fourth-order valence-electron chi connectivity index (χ4n) is 4.00. The summed E-state index contributed by atoms with van der Waals surface area (Å²) in [5.41, 5.74) is 0.0345. The van der Waals surface area contributed by atoms with Gasteiger partial charge in [-0.3, -0.25) is 14.9 Å². The number of fused-ring (bicyclic) bond motifs is 1. The van der Waals surface area contributed by atoms with Crippen molar-refractivity contribution in [2.45, 2.75) is 45.6 Å². The van der Waals surface area contributed by atoms with Gasteiger partial charge in [-0.25, -0.2) is 14.2 Å². The molecule has 0 aliphatic rings. The van der Waals surface area contributed by atoms with E-state index in [2.05, 4.69) is 15.6 Å². The van der Waals surface area contributed by atoms with Crippen LogP contribution in [0.3, 0.4) is 0 Å². The van der Waals surface area contributed by atoms with Crippen molar-refractivity contribution in [3.05, 3.63) is 71.1 Å². The van der Waals surface area contributed by atoms with Gasteiger partial charge in [-0.05, 0) is 35.9 Å². The average Bonchev–Trinajstić information content (AvgIpc) is 2.96. The molecule has 0 unspecified atom stereocenters. The molecule has 3 N–H and O–H groups in total. The average molecular weight is 587 g/mol. The molecule has 3 aromatic rings. The normalized spacial score (nSPS) is 12.0. The number of hydrogen-bond donors (Lipinski definition) is 3. The first kappa shape index (κ1) is 31.8. The standard InChI is InChI=1S/C30H36ClFN4O5/c1-30(2,19-37)18-34-26(38)13-12-23(36(3)27(39)14-11-20-9-6-10-24(32)28(20)31)17-41-29(40)35-25-15-21-7-4-5-8-22(21)16-33-25/h4-10,15-16,23,37H,11-14,17-19H2,1-3H3,(H,34,38)(H,33,35,40)/t23-/m0/s1. The van der Waals surface area contributed by atoms with Gasteiger partial charge in [-0.15, -0.1) is 0 Å². The Balaban J connectivity index is 1.62. The molecule has 0 radical (unpaired) electrons. The van der Waals surface area contributed by atoms with E-state index in [4.69, 9.17) is 16.3 Å². The summed E-state index contributed by atoms with van der Waals surface area (Å²) in [7, 11) is 1.57. The number of carbonyl (C=O) groups excluding carboxylic acids is 3. The minimum Gasteiger partial charge on any atom is -0.447 e. The minimum absolute atomic E-state index is 0.0238. The van der Waals surface area contributed by atoms with E-state index in [-0.39, 0.29) is 62.3 Å². The van der Waals surface area contributed by atoms with E-state index in [9.17, 15) is 23.9 Å². The van der Waals surface area contributed by atoms with Crippen molar-refractivity contribution < 1.29 is 28.6 Å². The molecular formula is C30H36ClFN4O5. The molecule has 0 aliphatic carbocycles. The molecule has 1 aromatic heterocycles.